The molecule has 0 bridgehead atoms. The predicted octanol–water partition coefficient (Wildman–Crippen LogP) is 3.65. The minimum Gasteiger partial charge on any atom is -0.481 e. The number of aliphatic carboxylic acids is 1. The van der Waals surface area contributed by atoms with E-state index < -0.39 is 5.97 Å². The minimum absolute atomic E-state index is 0.0150. The zero-order chi connectivity index (χ0) is 14.8. The van der Waals surface area contributed by atoms with Crippen molar-refractivity contribution in [1.82, 2.24) is 4.98 Å². The summed E-state index contributed by atoms with van der Waals surface area (Å²) >= 11 is 1.54. The Bertz CT molecular complexity index is 796. The van der Waals surface area contributed by atoms with E-state index in [4.69, 9.17) is 5.11 Å². The van der Waals surface area contributed by atoms with Crippen molar-refractivity contribution < 1.29 is 14.3 Å². The molecule has 0 atom stereocenters. The van der Waals surface area contributed by atoms with Crippen LogP contribution in [0.15, 0.2) is 42.5 Å². The lowest BCUT2D eigenvalue weighted by Crippen LogP contribution is -1.99. The summed E-state index contributed by atoms with van der Waals surface area (Å²) in [7, 11) is 0. The van der Waals surface area contributed by atoms with Crippen molar-refractivity contribution in [2.45, 2.75) is 12.8 Å². The molecular weight excluding hydrogens is 289 g/mol. The Kier molecular flexibility index (Phi) is 3.66. The molecule has 0 saturated carbocycles. The lowest BCUT2D eigenvalue weighted by molar-refractivity contribution is -0.136. The number of hydrogen-bond acceptors (Lipinski definition) is 3. The van der Waals surface area contributed by atoms with Crippen LogP contribution in [0.3, 0.4) is 0 Å². The molecular formula is C16H12FNO2S. The monoisotopic (exact) mass is 301 g/mol. The molecule has 3 aromatic rings. The van der Waals surface area contributed by atoms with Crippen LogP contribution >= 0.6 is 11.3 Å². The van der Waals surface area contributed by atoms with Crippen LogP contribution in [0.5, 0.6) is 0 Å². The molecule has 0 saturated heterocycles. The maximum absolute atomic E-state index is 12.9. The summed E-state index contributed by atoms with van der Waals surface area (Å²) in [5, 5.41) is 9.75. The molecule has 1 N–H and O–H groups in total. The van der Waals surface area contributed by atoms with Gasteiger partial charge in [0.1, 0.15) is 5.82 Å². The number of rotatable bonds is 4. The fourth-order valence-electron chi connectivity index (χ4n) is 2.15. The van der Waals surface area contributed by atoms with Gasteiger partial charge in [-0.3, -0.25) is 4.79 Å². The van der Waals surface area contributed by atoms with Gasteiger partial charge in [0.25, 0.3) is 0 Å². The van der Waals surface area contributed by atoms with Crippen LogP contribution in [0, 0.1) is 5.82 Å². The molecule has 3 nitrogen and oxygen atoms in total. The SMILES string of the molecule is O=C(O)Cc1ccc2nc(Cc3ccc(F)cc3)sc2c1. The Morgan fingerprint density at radius 1 is 1.14 bits per heavy atom. The highest BCUT2D eigenvalue weighted by atomic mass is 32.1. The van der Waals surface area contributed by atoms with Crippen LogP contribution in [-0.2, 0) is 17.6 Å². The zero-order valence-corrected chi connectivity index (χ0v) is 11.9. The highest BCUT2D eigenvalue weighted by Gasteiger charge is 2.07. The Hall–Kier alpha value is -2.27. The van der Waals surface area contributed by atoms with Gasteiger partial charge in [-0.25, -0.2) is 9.37 Å². The summed E-state index contributed by atoms with van der Waals surface area (Å²) in [5.41, 5.74) is 2.64. The van der Waals surface area contributed by atoms with Crippen LogP contribution in [0.25, 0.3) is 10.2 Å². The van der Waals surface area contributed by atoms with Crippen LogP contribution in [-0.4, -0.2) is 16.1 Å². The number of benzene rings is 2. The average Bonchev–Trinajstić information content (AvgIpc) is 2.82. The first-order valence-corrected chi connectivity index (χ1v) is 7.26. The van der Waals surface area contributed by atoms with Crippen LogP contribution in [0.2, 0.25) is 0 Å². The standard InChI is InChI=1S/C16H12FNO2S/c17-12-4-1-10(2-5-12)8-15-18-13-6-3-11(9-16(19)20)7-14(13)21-15/h1-7H,8-9H2,(H,19,20). The van der Waals surface area contributed by atoms with Gasteiger partial charge in [-0.15, -0.1) is 11.3 Å². The van der Waals surface area contributed by atoms with Gasteiger partial charge in [0.15, 0.2) is 0 Å². The van der Waals surface area contributed by atoms with Crippen molar-refractivity contribution in [3.63, 3.8) is 0 Å². The van der Waals surface area contributed by atoms with Gasteiger partial charge in [-0.1, -0.05) is 18.2 Å². The van der Waals surface area contributed by atoms with E-state index >= 15 is 0 Å². The topological polar surface area (TPSA) is 50.2 Å². The summed E-state index contributed by atoms with van der Waals surface area (Å²) in [5.74, 6) is -1.09. The third-order valence-corrected chi connectivity index (χ3v) is 4.14. The molecule has 0 spiro atoms. The van der Waals surface area contributed by atoms with Crippen molar-refractivity contribution in [3.05, 3.63) is 64.4 Å². The van der Waals surface area contributed by atoms with E-state index in [0.717, 1.165) is 26.4 Å². The Morgan fingerprint density at radius 3 is 2.57 bits per heavy atom. The summed E-state index contributed by atoms with van der Waals surface area (Å²) in [6.45, 7) is 0. The van der Waals surface area contributed by atoms with Crippen LogP contribution in [0.1, 0.15) is 16.1 Å². The fourth-order valence-corrected chi connectivity index (χ4v) is 3.22. The molecule has 5 heteroatoms. The molecule has 3 rings (SSSR count). The normalized spacial score (nSPS) is 10.9. The van der Waals surface area contributed by atoms with Crippen LogP contribution < -0.4 is 0 Å². The average molecular weight is 301 g/mol. The minimum atomic E-state index is -0.842. The summed E-state index contributed by atoms with van der Waals surface area (Å²) < 4.78 is 13.9. The number of fused-ring (bicyclic) bond motifs is 1. The van der Waals surface area contributed by atoms with E-state index in [-0.39, 0.29) is 12.2 Å². The van der Waals surface area contributed by atoms with E-state index in [1.54, 1.807) is 18.2 Å². The highest BCUT2D eigenvalue weighted by molar-refractivity contribution is 7.18. The quantitative estimate of drug-likeness (QED) is 0.800. The number of halogens is 1. The number of aromatic nitrogens is 1. The van der Waals surface area contributed by atoms with Crippen molar-refractivity contribution in [1.29, 1.82) is 0 Å². The number of carboxylic acids is 1. The molecule has 21 heavy (non-hydrogen) atoms. The third-order valence-electron chi connectivity index (χ3n) is 3.12. The second-order valence-electron chi connectivity index (χ2n) is 4.78. The van der Waals surface area contributed by atoms with Crippen molar-refractivity contribution >= 4 is 27.5 Å². The predicted molar refractivity (Wildman–Crippen MR) is 80.2 cm³/mol. The van der Waals surface area contributed by atoms with Gasteiger partial charge < -0.3 is 5.11 Å². The molecule has 0 aliphatic rings. The Balaban J connectivity index is 1.86. The largest absolute Gasteiger partial charge is 0.481 e. The molecule has 1 heterocycles. The lowest BCUT2D eigenvalue weighted by atomic mass is 10.1. The van der Waals surface area contributed by atoms with Crippen molar-refractivity contribution in [3.8, 4) is 0 Å². The van der Waals surface area contributed by atoms with E-state index in [2.05, 4.69) is 4.98 Å². The third kappa shape index (κ3) is 3.25. The molecule has 0 unspecified atom stereocenters. The highest BCUT2D eigenvalue weighted by Crippen LogP contribution is 2.25. The van der Waals surface area contributed by atoms with E-state index in [0.29, 0.717) is 6.42 Å². The Labute approximate surface area is 124 Å². The molecule has 0 fully saturated rings. The summed E-state index contributed by atoms with van der Waals surface area (Å²) in [4.78, 5) is 15.3. The number of carboxylic acid groups (broad SMARTS) is 1. The molecule has 0 aliphatic carbocycles. The molecule has 2 aromatic carbocycles. The summed E-state index contributed by atoms with van der Waals surface area (Å²) in [6, 6.07) is 11.9. The maximum atomic E-state index is 12.9. The van der Waals surface area contributed by atoms with Gasteiger partial charge in [-0.2, -0.15) is 0 Å². The van der Waals surface area contributed by atoms with Gasteiger partial charge >= 0.3 is 5.97 Å². The van der Waals surface area contributed by atoms with Crippen molar-refractivity contribution in [2.75, 3.05) is 0 Å². The zero-order valence-electron chi connectivity index (χ0n) is 11.0. The van der Waals surface area contributed by atoms with Gasteiger partial charge in [-0.05, 0) is 35.4 Å². The molecule has 0 radical (unpaired) electrons. The molecule has 106 valence electrons. The maximum Gasteiger partial charge on any atom is 0.307 e. The number of carbonyl (C=O) groups is 1. The molecule has 1 aromatic heterocycles. The second-order valence-corrected chi connectivity index (χ2v) is 5.90. The molecule has 0 aliphatic heterocycles. The fraction of sp³-hybridized carbons (Fsp3) is 0.125. The first-order chi connectivity index (χ1) is 10.1. The van der Waals surface area contributed by atoms with Gasteiger partial charge in [0, 0.05) is 6.42 Å². The lowest BCUT2D eigenvalue weighted by Gasteiger charge is -1.96. The second kappa shape index (κ2) is 5.61. The van der Waals surface area contributed by atoms with E-state index in [1.165, 1.54) is 23.5 Å². The Morgan fingerprint density at radius 2 is 1.86 bits per heavy atom. The molecule has 0 amide bonds. The van der Waals surface area contributed by atoms with Crippen LogP contribution in [0.4, 0.5) is 4.39 Å². The first kappa shape index (κ1) is 13.7. The number of nitrogens with zero attached hydrogens (tertiary/aromatic N) is 1. The first-order valence-electron chi connectivity index (χ1n) is 6.45. The number of hydrogen-bond donors (Lipinski definition) is 1. The van der Waals surface area contributed by atoms with E-state index in [9.17, 15) is 9.18 Å². The van der Waals surface area contributed by atoms with E-state index in [1.807, 2.05) is 12.1 Å². The van der Waals surface area contributed by atoms with Crippen molar-refractivity contribution in [2.24, 2.45) is 0 Å². The number of thiazole rings is 1. The smallest absolute Gasteiger partial charge is 0.307 e. The summed E-state index contributed by atoms with van der Waals surface area (Å²) in [6.07, 6.45) is 0.662. The van der Waals surface area contributed by atoms with Gasteiger partial charge in [0.05, 0.1) is 21.6 Å². The van der Waals surface area contributed by atoms with Gasteiger partial charge in [0.2, 0.25) is 0 Å².